The summed E-state index contributed by atoms with van der Waals surface area (Å²) in [5.74, 6) is 0.775. The monoisotopic (exact) mass is 477 g/mol. The highest BCUT2D eigenvalue weighted by atomic mass is 32.2. The molecule has 0 spiro atoms. The molecule has 0 radical (unpaired) electrons. The van der Waals surface area contributed by atoms with Crippen LogP contribution in [0.2, 0.25) is 0 Å². The van der Waals surface area contributed by atoms with Gasteiger partial charge in [-0.1, -0.05) is 30.3 Å². The van der Waals surface area contributed by atoms with Gasteiger partial charge in [0.1, 0.15) is 12.1 Å². The van der Waals surface area contributed by atoms with Crippen molar-refractivity contribution in [2.45, 2.75) is 24.7 Å². The zero-order valence-corrected chi connectivity index (χ0v) is 19.9. The van der Waals surface area contributed by atoms with Crippen molar-refractivity contribution in [3.63, 3.8) is 0 Å². The molecule has 3 aromatic rings. The Bertz CT molecular complexity index is 1310. The van der Waals surface area contributed by atoms with Crippen molar-refractivity contribution in [1.82, 2.24) is 14.3 Å². The average Bonchev–Trinajstić information content (AvgIpc) is 2.88. The number of anilines is 2. The van der Waals surface area contributed by atoms with Crippen molar-refractivity contribution in [3.8, 4) is 11.3 Å². The molecule has 34 heavy (non-hydrogen) atoms. The van der Waals surface area contributed by atoms with Gasteiger partial charge >= 0.3 is 0 Å². The first-order valence-corrected chi connectivity index (χ1v) is 12.9. The highest BCUT2D eigenvalue weighted by molar-refractivity contribution is 7.89. The minimum Gasteiger partial charge on any atom is -0.354 e. The van der Waals surface area contributed by atoms with Gasteiger partial charge in [-0.2, -0.15) is 4.31 Å². The molecule has 0 saturated carbocycles. The highest BCUT2D eigenvalue weighted by Crippen LogP contribution is 2.31. The number of rotatable bonds is 4. The Morgan fingerprint density at radius 2 is 1.68 bits per heavy atom. The fourth-order valence-electron chi connectivity index (χ4n) is 4.65. The Morgan fingerprint density at radius 1 is 0.912 bits per heavy atom. The second-order valence-corrected chi connectivity index (χ2v) is 10.5. The molecule has 1 amide bonds. The third kappa shape index (κ3) is 4.28. The molecule has 0 atom stereocenters. The molecule has 1 saturated heterocycles. The lowest BCUT2D eigenvalue weighted by molar-refractivity contribution is -0.116. The summed E-state index contributed by atoms with van der Waals surface area (Å²) in [6.07, 6.45) is 3.16. The number of aromatic nitrogens is 2. The number of hydrogen-bond acceptors (Lipinski definition) is 6. The topological polar surface area (TPSA) is 86.7 Å². The van der Waals surface area contributed by atoms with Gasteiger partial charge in [0.15, 0.2) is 0 Å². The van der Waals surface area contributed by atoms with Gasteiger partial charge in [-0.25, -0.2) is 18.4 Å². The number of aryl methyl sites for hydroxylation is 1. The van der Waals surface area contributed by atoms with Gasteiger partial charge in [0, 0.05) is 57.0 Å². The standard InChI is InChI=1S/C25H27N5O3S/c1-19(31)30-11-5-8-21-16-22(9-10-24(21)30)34(32,33)29-14-12-28(13-15-29)25-17-23(26-18-27-25)20-6-3-2-4-7-20/h2-4,6-7,9-10,16-18H,5,8,11-15H2,1H3. The molecule has 1 fully saturated rings. The van der Waals surface area contributed by atoms with Gasteiger partial charge < -0.3 is 9.80 Å². The lowest BCUT2D eigenvalue weighted by atomic mass is 10.0. The van der Waals surface area contributed by atoms with Crippen molar-refractivity contribution in [2.24, 2.45) is 0 Å². The molecule has 2 aromatic carbocycles. The van der Waals surface area contributed by atoms with E-state index in [9.17, 15) is 13.2 Å². The Balaban J connectivity index is 1.31. The predicted molar refractivity (Wildman–Crippen MR) is 131 cm³/mol. The second-order valence-electron chi connectivity index (χ2n) is 8.58. The Labute approximate surface area is 199 Å². The van der Waals surface area contributed by atoms with Crippen LogP contribution in [0.5, 0.6) is 0 Å². The largest absolute Gasteiger partial charge is 0.354 e. The van der Waals surface area contributed by atoms with E-state index in [1.165, 1.54) is 4.31 Å². The molecular formula is C25H27N5O3S. The number of carbonyl (C=O) groups excluding carboxylic acids is 1. The minimum atomic E-state index is -3.62. The molecule has 3 heterocycles. The fourth-order valence-corrected chi connectivity index (χ4v) is 6.13. The smallest absolute Gasteiger partial charge is 0.243 e. The van der Waals surface area contributed by atoms with Gasteiger partial charge in [-0.3, -0.25) is 4.79 Å². The lowest BCUT2D eigenvalue weighted by Gasteiger charge is -2.35. The maximum Gasteiger partial charge on any atom is 0.243 e. The van der Waals surface area contributed by atoms with Crippen LogP contribution in [-0.4, -0.2) is 61.3 Å². The summed E-state index contributed by atoms with van der Waals surface area (Å²) in [7, 11) is -3.62. The summed E-state index contributed by atoms with van der Waals surface area (Å²) in [6, 6.07) is 17.0. The summed E-state index contributed by atoms with van der Waals surface area (Å²) >= 11 is 0. The van der Waals surface area contributed by atoms with Crippen LogP contribution >= 0.6 is 0 Å². The van der Waals surface area contributed by atoms with E-state index in [1.807, 2.05) is 36.4 Å². The molecule has 0 bridgehead atoms. The van der Waals surface area contributed by atoms with Crippen LogP contribution in [0, 0.1) is 0 Å². The quantitative estimate of drug-likeness (QED) is 0.574. The Morgan fingerprint density at radius 3 is 2.41 bits per heavy atom. The number of benzene rings is 2. The maximum absolute atomic E-state index is 13.4. The van der Waals surface area contributed by atoms with Crippen molar-refractivity contribution in [2.75, 3.05) is 42.5 Å². The highest BCUT2D eigenvalue weighted by Gasteiger charge is 2.30. The summed E-state index contributed by atoms with van der Waals surface area (Å²) in [6.45, 7) is 4.07. The first-order chi connectivity index (χ1) is 16.4. The van der Waals surface area contributed by atoms with Crippen LogP contribution < -0.4 is 9.80 Å². The van der Waals surface area contributed by atoms with E-state index in [0.29, 0.717) is 37.6 Å². The van der Waals surface area contributed by atoms with Crippen molar-refractivity contribution >= 4 is 27.4 Å². The normalized spacial score (nSPS) is 16.9. The molecule has 2 aliphatic rings. The number of fused-ring (bicyclic) bond motifs is 1. The first kappa shape index (κ1) is 22.5. The molecular weight excluding hydrogens is 450 g/mol. The first-order valence-electron chi connectivity index (χ1n) is 11.5. The van der Waals surface area contributed by atoms with Crippen molar-refractivity contribution in [1.29, 1.82) is 0 Å². The van der Waals surface area contributed by atoms with Gasteiger partial charge in [-0.05, 0) is 36.6 Å². The van der Waals surface area contributed by atoms with Gasteiger partial charge in [0.2, 0.25) is 15.9 Å². The summed E-state index contributed by atoms with van der Waals surface area (Å²) in [5, 5.41) is 0. The number of nitrogens with zero attached hydrogens (tertiary/aromatic N) is 5. The number of carbonyl (C=O) groups is 1. The van der Waals surface area contributed by atoms with E-state index >= 15 is 0 Å². The van der Waals surface area contributed by atoms with E-state index in [4.69, 9.17) is 0 Å². The fraction of sp³-hybridized carbons (Fsp3) is 0.320. The van der Waals surface area contributed by atoms with Crippen LogP contribution in [-0.2, 0) is 21.2 Å². The zero-order valence-electron chi connectivity index (χ0n) is 19.1. The predicted octanol–water partition coefficient (Wildman–Crippen LogP) is 2.95. The van der Waals surface area contributed by atoms with E-state index < -0.39 is 10.0 Å². The van der Waals surface area contributed by atoms with Crippen LogP contribution in [0.25, 0.3) is 11.3 Å². The third-order valence-electron chi connectivity index (χ3n) is 6.47. The number of hydrogen-bond donors (Lipinski definition) is 0. The molecule has 2 aliphatic heterocycles. The molecule has 176 valence electrons. The molecule has 5 rings (SSSR count). The summed E-state index contributed by atoms with van der Waals surface area (Å²) < 4.78 is 28.3. The summed E-state index contributed by atoms with van der Waals surface area (Å²) in [5.41, 5.74) is 3.59. The SMILES string of the molecule is CC(=O)N1CCCc2cc(S(=O)(=O)N3CCN(c4cc(-c5ccccc5)ncn4)CC3)ccc21. The zero-order chi connectivity index (χ0) is 23.7. The van der Waals surface area contributed by atoms with Crippen molar-refractivity contribution < 1.29 is 13.2 Å². The summed E-state index contributed by atoms with van der Waals surface area (Å²) in [4.78, 5) is 24.8. The maximum atomic E-state index is 13.4. The molecule has 0 aliphatic carbocycles. The van der Waals surface area contributed by atoms with Crippen LogP contribution in [0.1, 0.15) is 18.9 Å². The van der Waals surface area contributed by atoms with Crippen molar-refractivity contribution in [3.05, 3.63) is 66.5 Å². The lowest BCUT2D eigenvalue weighted by Crippen LogP contribution is -2.49. The molecule has 9 heteroatoms. The number of sulfonamides is 1. The Kier molecular flexibility index (Phi) is 6.05. The molecule has 0 N–H and O–H groups in total. The van der Waals surface area contributed by atoms with E-state index in [0.717, 1.165) is 41.2 Å². The van der Waals surface area contributed by atoms with Crippen LogP contribution in [0.3, 0.4) is 0 Å². The van der Waals surface area contributed by atoms with Gasteiger partial charge in [-0.15, -0.1) is 0 Å². The van der Waals surface area contributed by atoms with E-state index in [1.54, 1.807) is 36.4 Å². The van der Waals surface area contributed by atoms with Crippen LogP contribution in [0.15, 0.2) is 65.8 Å². The average molecular weight is 478 g/mol. The van der Waals surface area contributed by atoms with E-state index in [2.05, 4.69) is 14.9 Å². The molecule has 0 unspecified atom stereocenters. The Hall–Kier alpha value is -3.30. The second kappa shape index (κ2) is 9.15. The van der Waals surface area contributed by atoms with Crippen LogP contribution in [0.4, 0.5) is 11.5 Å². The molecule has 1 aromatic heterocycles. The number of amides is 1. The minimum absolute atomic E-state index is 0.0205. The number of piperazine rings is 1. The van der Waals surface area contributed by atoms with Gasteiger partial charge in [0.05, 0.1) is 10.6 Å². The third-order valence-corrected chi connectivity index (χ3v) is 8.37. The molecule has 8 nitrogen and oxygen atoms in total. The van der Waals surface area contributed by atoms with E-state index in [-0.39, 0.29) is 5.91 Å². The van der Waals surface area contributed by atoms with Gasteiger partial charge in [0.25, 0.3) is 0 Å².